The van der Waals surface area contributed by atoms with Crippen molar-refractivity contribution in [3.05, 3.63) is 47.8 Å². The van der Waals surface area contributed by atoms with Crippen molar-refractivity contribution in [2.45, 2.75) is 51.1 Å². The van der Waals surface area contributed by atoms with E-state index in [4.69, 9.17) is 5.73 Å². The molecule has 4 nitrogen and oxygen atoms in total. The molecule has 0 aliphatic heterocycles. The second kappa shape index (κ2) is 5.75. The molecule has 2 atom stereocenters. The number of aromatic nitrogens is 3. The van der Waals surface area contributed by atoms with Crippen molar-refractivity contribution in [1.82, 2.24) is 14.5 Å². The zero-order chi connectivity index (χ0) is 13.9. The lowest BCUT2D eigenvalue weighted by atomic mass is 9.98. The van der Waals surface area contributed by atoms with Crippen LogP contribution in [0.15, 0.2) is 30.7 Å². The Hall–Kier alpha value is -1.68. The van der Waals surface area contributed by atoms with E-state index >= 15 is 0 Å². The molecule has 2 heterocycles. The molecule has 0 radical (unpaired) electrons. The van der Waals surface area contributed by atoms with Crippen LogP contribution in [-0.4, -0.2) is 20.6 Å². The molecule has 0 aromatic carbocycles. The predicted molar refractivity (Wildman–Crippen MR) is 79.5 cm³/mol. The molecule has 0 bridgehead atoms. The van der Waals surface area contributed by atoms with E-state index < -0.39 is 0 Å². The Labute approximate surface area is 120 Å². The quantitative estimate of drug-likeness (QED) is 0.928. The van der Waals surface area contributed by atoms with Crippen LogP contribution in [-0.2, 0) is 12.8 Å². The molecular weight excluding hydrogens is 248 g/mol. The van der Waals surface area contributed by atoms with Gasteiger partial charge >= 0.3 is 0 Å². The number of pyridine rings is 1. The number of fused-ring (bicyclic) bond motifs is 1. The molecule has 106 valence electrons. The van der Waals surface area contributed by atoms with E-state index in [0.29, 0.717) is 0 Å². The third kappa shape index (κ3) is 2.36. The maximum atomic E-state index is 6.38. The molecule has 2 N–H and O–H groups in total. The number of aryl methyl sites for hydroxylation is 1. The molecule has 0 saturated heterocycles. The first kappa shape index (κ1) is 13.3. The molecular formula is C16H22N4. The first-order chi connectivity index (χ1) is 9.81. The Bertz CT molecular complexity index is 561. The summed E-state index contributed by atoms with van der Waals surface area (Å²) in [5, 5.41) is 0. The Morgan fingerprint density at radius 2 is 2.10 bits per heavy atom. The Kier molecular flexibility index (Phi) is 3.83. The molecule has 1 aliphatic rings. The molecule has 2 aromatic heterocycles. The van der Waals surface area contributed by atoms with Crippen LogP contribution in [0, 0.1) is 0 Å². The number of imidazole rings is 1. The van der Waals surface area contributed by atoms with E-state index in [1.54, 1.807) is 0 Å². The SMILES string of the molecule is CCC(N)C(c1ccccn1)n1cnc2c1CCCC2. The Morgan fingerprint density at radius 1 is 1.25 bits per heavy atom. The molecule has 3 rings (SSSR count). The number of hydrogen-bond donors (Lipinski definition) is 1. The van der Waals surface area contributed by atoms with E-state index in [0.717, 1.165) is 25.0 Å². The first-order valence-electron chi connectivity index (χ1n) is 7.52. The molecule has 0 fully saturated rings. The van der Waals surface area contributed by atoms with E-state index in [9.17, 15) is 0 Å². The van der Waals surface area contributed by atoms with Gasteiger partial charge in [-0.3, -0.25) is 4.98 Å². The topological polar surface area (TPSA) is 56.7 Å². The fourth-order valence-corrected chi connectivity index (χ4v) is 3.07. The summed E-state index contributed by atoms with van der Waals surface area (Å²) in [5.74, 6) is 0. The Morgan fingerprint density at radius 3 is 2.85 bits per heavy atom. The highest BCUT2D eigenvalue weighted by Crippen LogP contribution is 2.28. The first-order valence-corrected chi connectivity index (χ1v) is 7.52. The van der Waals surface area contributed by atoms with Gasteiger partial charge in [0.05, 0.1) is 23.8 Å². The van der Waals surface area contributed by atoms with Gasteiger partial charge in [0.25, 0.3) is 0 Å². The summed E-state index contributed by atoms with van der Waals surface area (Å²) < 4.78 is 2.27. The van der Waals surface area contributed by atoms with Crippen LogP contribution in [0.5, 0.6) is 0 Å². The van der Waals surface area contributed by atoms with Crippen LogP contribution >= 0.6 is 0 Å². The second-order valence-electron chi connectivity index (χ2n) is 5.52. The van der Waals surface area contributed by atoms with Crippen molar-refractivity contribution >= 4 is 0 Å². The molecule has 0 spiro atoms. The summed E-state index contributed by atoms with van der Waals surface area (Å²) in [6, 6.07) is 6.19. The minimum atomic E-state index is 0.0603. The van der Waals surface area contributed by atoms with Gasteiger partial charge < -0.3 is 10.3 Å². The van der Waals surface area contributed by atoms with Gasteiger partial charge in [-0.1, -0.05) is 13.0 Å². The van der Waals surface area contributed by atoms with Gasteiger partial charge in [-0.2, -0.15) is 0 Å². The second-order valence-corrected chi connectivity index (χ2v) is 5.52. The van der Waals surface area contributed by atoms with Crippen molar-refractivity contribution in [3.8, 4) is 0 Å². The third-order valence-electron chi connectivity index (χ3n) is 4.23. The fraction of sp³-hybridized carbons (Fsp3) is 0.500. The number of nitrogens with two attached hydrogens (primary N) is 1. The van der Waals surface area contributed by atoms with Crippen LogP contribution < -0.4 is 5.73 Å². The molecule has 2 aromatic rings. The van der Waals surface area contributed by atoms with Crippen molar-refractivity contribution in [2.75, 3.05) is 0 Å². The minimum absolute atomic E-state index is 0.0603. The highest BCUT2D eigenvalue weighted by atomic mass is 15.1. The molecule has 4 heteroatoms. The minimum Gasteiger partial charge on any atom is -0.326 e. The predicted octanol–water partition coefficient (Wildman–Crippen LogP) is 2.48. The van der Waals surface area contributed by atoms with Crippen molar-refractivity contribution < 1.29 is 0 Å². The van der Waals surface area contributed by atoms with Crippen LogP contribution in [0.1, 0.15) is 49.3 Å². The lowest BCUT2D eigenvalue weighted by Crippen LogP contribution is -2.34. The number of hydrogen-bond acceptors (Lipinski definition) is 3. The van der Waals surface area contributed by atoms with Gasteiger partial charge in [-0.15, -0.1) is 0 Å². The number of rotatable bonds is 4. The highest BCUT2D eigenvalue weighted by Gasteiger charge is 2.26. The fourth-order valence-electron chi connectivity index (χ4n) is 3.07. The zero-order valence-corrected chi connectivity index (χ0v) is 12.0. The molecule has 0 saturated carbocycles. The van der Waals surface area contributed by atoms with Crippen molar-refractivity contribution in [3.63, 3.8) is 0 Å². The van der Waals surface area contributed by atoms with Gasteiger partial charge in [0.1, 0.15) is 0 Å². The van der Waals surface area contributed by atoms with Crippen LogP contribution in [0.4, 0.5) is 0 Å². The summed E-state index contributed by atoms with van der Waals surface area (Å²) in [7, 11) is 0. The molecule has 1 aliphatic carbocycles. The summed E-state index contributed by atoms with van der Waals surface area (Å²) >= 11 is 0. The largest absolute Gasteiger partial charge is 0.326 e. The molecule has 0 amide bonds. The Balaban J connectivity index is 2.04. The van der Waals surface area contributed by atoms with E-state index in [2.05, 4.69) is 27.5 Å². The smallest absolute Gasteiger partial charge is 0.0958 e. The van der Waals surface area contributed by atoms with Crippen LogP contribution in [0.3, 0.4) is 0 Å². The van der Waals surface area contributed by atoms with Crippen LogP contribution in [0.2, 0.25) is 0 Å². The van der Waals surface area contributed by atoms with Gasteiger partial charge in [0, 0.05) is 17.9 Å². The van der Waals surface area contributed by atoms with Gasteiger partial charge in [-0.05, 0) is 44.2 Å². The monoisotopic (exact) mass is 270 g/mol. The van der Waals surface area contributed by atoms with E-state index in [-0.39, 0.29) is 12.1 Å². The normalized spacial score (nSPS) is 17.5. The molecule has 2 unspecified atom stereocenters. The van der Waals surface area contributed by atoms with E-state index in [1.165, 1.54) is 24.2 Å². The lowest BCUT2D eigenvalue weighted by Gasteiger charge is -2.27. The summed E-state index contributed by atoms with van der Waals surface area (Å²) in [5.41, 5.74) is 10.0. The maximum absolute atomic E-state index is 6.38. The van der Waals surface area contributed by atoms with Crippen molar-refractivity contribution in [1.29, 1.82) is 0 Å². The zero-order valence-electron chi connectivity index (χ0n) is 12.0. The van der Waals surface area contributed by atoms with Gasteiger partial charge in [0.15, 0.2) is 0 Å². The lowest BCUT2D eigenvalue weighted by molar-refractivity contribution is 0.433. The average Bonchev–Trinajstić information content (AvgIpc) is 2.92. The standard InChI is InChI=1S/C16H22N4/c1-2-12(17)16(14-8-5-6-10-18-14)20-11-19-13-7-3-4-9-15(13)20/h5-6,8,10-12,16H,2-4,7,9,17H2,1H3. The third-order valence-corrected chi connectivity index (χ3v) is 4.23. The number of nitrogens with zero attached hydrogens (tertiary/aromatic N) is 3. The summed E-state index contributed by atoms with van der Waals surface area (Å²) in [4.78, 5) is 9.12. The van der Waals surface area contributed by atoms with Crippen molar-refractivity contribution in [2.24, 2.45) is 5.73 Å². The maximum Gasteiger partial charge on any atom is 0.0958 e. The highest BCUT2D eigenvalue weighted by molar-refractivity contribution is 5.22. The molecule has 20 heavy (non-hydrogen) atoms. The van der Waals surface area contributed by atoms with E-state index in [1.807, 2.05) is 24.7 Å². The summed E-state index contributed by atoms with van der Waals surface area (Å²) in [6.45, 7) is 2.13. The van der Waals surface area contributed by atoms with Crippen LogP contribution in [0.25, 0.3) is 0 Å². The summed E-state index contributed by atoms with van der Waals surface area (Å²) in [6.07, 6.45) is 9.42. The van der Waals surface area contributed by atoms with Gasteiger partial charge in [0.2, 0.25) is 0 Å². The average molecular weight is 270 g/mol. The van der Waals surface area contributed by atoms with Gasteiger partial charge in [-0.25, -0.2) is 4.98 Å².